The number of piperazine rings is 1. The lowest BCUT2D eigenvalue weighted by Crippen LogP contribution is -2.50. The maximum Gasteiger partial charge on any atom is 0.243 e. The molecule has 9 nitrogen and oxygen atoms in total. The molecule has 0 bridgehead atoms. The summed E-state index contributed by atoms with van der Waals surface area (Å²) >= 11 is 0. The summed E-state index contributed by atoms with van der Waals surface area (Å²) in [5.74, 6) is 0.564. The van der Waals surface area contributed by atoms with Gasteiger partial charge in [0.1, 0.15) is 5.82 Å². The van der Waals surface area contributed by atoms with Crippen molar-refractivity contribution in [3.63, 3.8) is 0 Å². The van der Waals surface area contributed by atoms with E-state index >= 15 is 0 Å². The highest BCUT2D eigenvalue weighted by Crippen LogP contribution is 2.26. The molecule has 2 amide bonds. The van der Waals surface area contributed by atoms with Gasteiger partial charge in [0.25, 0.3) is 0 Å². The van der Waals surface area contributed by atoms with E-state index < -0.39 is 10.0 Å². The Labute approximate surface area is 182 Å². The molecule has 1 aromatic heterocycles. The molecular weight excluding hydrogens is 418 g/mol. The van der Waals surface area contributed by atoms with Gasteiger partial charge in [-0.1, -0.05) is 6.92 Å². The van der Waals surface area contributed by atoms with E-state index in [1.165, 1.54) is 4.31 Å². The summed E-state index contributed by atoms with van der Waals surface area (Å²) in [6.45, 7) is 5.03. The van der Waals surface area contributed by atoms with Crippen molar-refractivity contribution in [1.29, 1.82) is 0 Å². The minimum atomic E-state index is -3.51. The predicted molar refractivity (Wildman–Crippen MR) is 116 cm³/mol. The van der Waals surface area contributed by atoms with E-state index in [-0.39, 0.29) is 29.7 Å². The van der Waals surface area contributed by atoms with Gasteiger partial charge in [-0.05, 0) is 37.5 Å². The predicted octanol–water partition coefficient (Wildman–Crippen LogP) is 1.12. The van der Waals surface area contributed by atoms with Crippen LogP contribution in [-0.4, -0.2) is 71.7 Å². The van der Waals surface area contributed by atoms with Crippen LogP contribution in [0.25, 0.3) is 11.0 Å². The average Bonchev–Trinajstić information content (AvgIpc) is 3.41. The number of nitrogens with zero attached hydrogens (tertiary/aromatic N) is 4. The number of rotatable bonds is 7. The zero-order valence-corrected chi connectivity index (χ0v) is 18.7. The van der Waals surface area contributed by atoms with Crippen molar-refractivity contribution in [3.8, 4) is 0 Å². The second-order valence-electron chi connectivity index (χ2n) is 8.11. The Morgan fingerprint density at radius 2 is 1.97 bits per heavy atom. The van der Waals surface area contributed by atoms with E-state index in [1.54, 1.807) is 17.0 Å². The summed E-state index contributed by atoms with van der Waals surface area (Å²) in [5.41, 5.74) is 1.51. The minimum Gasteiger partial charge on any atom is -0.353 e. The summed E-state index contributed by atoms with van der Waals surface area (Å²) in [6.07, 6.45) is 3.39. The van der Waals surface area contributed by atoms with Gasteiger partial charge in [-0.25, -0.2) is 13.4 Å². The van der Waals surface area contributed by atoms with Crippen LogP contribution >= 0.6 is 0 Å². The first kappa shape index (κ1) is 21.8. The molecule has 4 rings (SSSR count). The number of hydrogen-bond donors (Lipinski definition) is 1. The summed E-state index contributed by atoms with van der Waals surface area (Å²) in [4.78, 5) is 30.6. The van der Waals surface area contributed by atoms with Crippen molar-refractivity contribution in [1.82, 2.24) is 24.1 Å². The van der Waals surface area contributed by atoms with E-state index in [4.69, 9.17) is 4.98 Å². The molecule has 0 spiro atoms. The quantitative estimate of drug-likeness (QED) is 0.685. The fourth-order valence-electron chi connectivity index (χ4n) is 4.29. The fraction of sp³-hybridized carbons (Fsp3) is 0.571. The van der Waals surface area contributed by atoms with Gasteiger partial charge in [0.15, 0.2) is 0 Å². The maximum atomic E-state index is 12.9. The third-order valence-corrected chi connectivity index (χ3v) is 7.80. The maximum absolute atomic E-state index is 12.9. The Bertz CT molecular complexity index is 1090. The number of nitrogens with one attached hydrogen (secondary N) is 1. The Morgan fingerprint density at radius 3 is 2.68 bits per heavy atom. The Morgan fingerprint density at radius 1 is 1.19 bits per heavy atom. The SMILES string of the molecule is CCCn1c(CCC(=O)N2CCNC(=O)C2)nc2cc(S(=O)(=O)N3CCCC3)ccc21. The van der Waals surface area contributed by atoms with Crippen LogP contribution in [0.3, 0.4) is 0 Å². The summed E-state index contributed by atoms with van der Waals surface area (Å²) in [5, 5.41) is 2.72. The molecule has 2 aliphatic rings. The highest BCUT2D eigenvalue weighted by Gasteiger charge is 2.28. The third kappa shape index (κ3) is 4.45. The van der Waals surface area contributed by atoms with Crippen LogP contribution in [0.5, 0.6) is 0 Å². The van der Waals surface area contributed by atoms with Crippen LogP contribution in [0.15, 0.2) is 23.1 Å². The van der Waals surface area contributed by atoms with Gasteiger partial charge in [0.2, 0.25) is 21.8 Å². The molecule has 168 valence electrons. The van der Waals surface area contributed by atoms with Gasteiger partial charge < -0.3 is 14.8 Å². The number of hydrogen-bond acceptors (Lipinski definition) is 5. The number of sulfonamides is 1. The largest absolute Gasteiger partial charge is 0.353 e. The molecule has 2 fully saturated rings. The van der Waals surface area contributed by atoms with Crippen molar-refractivity contribution in [2.24, 2.45) is 0 Å². The first-order chi connectivity index (χ1) is 14.9. The second-order valence-corrected chi connectivity index (χ2v) is 10.0. The Hall–Kier alpha value is -2.46. The highest BCUT2D eigenvalue weighted by molar-refractivity contribution is 7.89. The van der Waals surface area contributed by atoms with Gasteiger partial charge >= 0.3 is 0 Å². The molecule has 2 aliphatic heterocycles. The lowest BCUT2D eigenvalue weighted by molar-refractivity contribution is -0.138. The lowest BCUT2D eigenvalue weighted by atomic mass is 10.2. The normalized spacial score (nSPS) is 18.0. The second kappa shape index (κ2) is 8.96. The lowest BCUT2D eigenvalue weighted by Gasteiger charge is -2.26. The van der Waals surface area contributed by atoms with Crippen molar-refractivity contribution >= 4 is 32.9 Å². The number of carbonyl (C=O) groups is 2. The molecule has 10 heteroatoms. The first-order valence-electron chi connectivity index (χ1n) is 10.9. The number of carbonyl (C=O) groups excluding carboxylic acids is 2. The molecule has 0 atom stereocenters. The molecule has 2 saturated heterocycles. The molecule has 3 heterocycles. The molecular formula is C21H29N5O4S. The van der Waals surface area contributed by atoms with Crippen LogP contribution in [0.4, 0.5) is 0 Å². The number of aryl methyl sites for hydroxylation is 2. The number of aromatic nitrogens is 2. The van der Waals surface area contributed by atoms with Crippen LogP contribution in [-0.2, 0) is 32.6 Å². The smallest absolute Gasteiger partial charge is 0.243 e. The third-order valence-electron chi connectivity index (χ3n) is 5.90. The molecule has 1 aromatic carbocycles. The molecule has 2 aromatic rings. The van der Waals surface area contributed by atoms with Gasteiger partial charge in [-0.3, -0.25) is 9.59 Å². The number of imidazole rings is 1. The fourth-order valence-corrected chi connectivity index (χ4v) is 5.83. The Balaban J connectivity index is 1.57. The molecule has 0 saturated carbocycles. The molecule has 0 unspecified atom stereocenters. The van der Waals surface area contributed by atoms with Crippen LogP contribution < -0.4 is 5.32 Å². The molecule has 1 N–H and O–H groups in total. The van der Waals surface area contributed by atoms with Crippen molar-refractivity contribution < 1.29 is 18.0 Å². The van der Waals surface area contributed by atoms with Gasteiger partial charge in [-0.2, -0.15) is 4.31 Å². The van der Waals surface area contributed by atoms with Crippen molar-refractivity contribution in [2.75, 3.05) is 32.7 Å². The van der Waals surface area contributed by atoms with E-state index in [0.717, 1.165) is 37.1 Å². The first-order valence-corrected chi connectivity index (χ1v) is 12.4. The standard InChI is InChI=1S/C21H29N5O4S/c1-2-10-26-18-6-5-16(31(29,30)25-11-3-4-12-25)14-17(18)23-19(26)7-8-21(28)24-13-9-22-20(27)15-24/h5-6,14H,2-4,7-13,15H2,1H3,(H,22,27). The van der Waals surface area contributed by atoms with Crippen molar-refractivity contribution in [2.45, 2.75) is 50.5 Å². The van der Waals surface area contributed by atoms with E-state index in [9.17, 15) is 18.0 Å². The van der Waals surface area contributed by atoms with Crippen LogP contribution in [0, 0.1) is 0 Å². The zero-order valence-electron chi connectivity index (χ0n) is 17.8. The average molecular weight is 448 g/mol. The van der Waals surface area contributed by atoms with Gasteiger partial charge in [0, 0.05) is 45.6 Å². The summed E-state index contributed by atoms with van der Waals surface area (Å²) in [7, 11) is -3.51. The highest BCUT2D eigenvalue weighted by atomic mass is 32.2. The monoisotopic (exact) mass is 447 g/mol. The summed E-state index contributed by atoms with van der Waals surface area (Å²) < 4.78 is 29.4. The number of benzene rings is 1. The minimum absolute atomic E-state index is 0.0674. The van der Waals surface area contributed by atoms with Crippen LogP contribution in [0.2, 0.25) is 0 Å². The van der Waals surface area contributed by atoms with Crippen LogP contribution in [0.1, 0.15) is 38.4 Å². The van der Waals surface area contributed by atoms with E-state index in [2.05, 4.69) is 16.8 Å². The molecule has 0 aliphatic carbocycles. The molecule has 0 radical (unpaired) electrons. The zero-order chi connectivity index (χ0) is 22.0. The van der Waals surface area contributed by atoms with Gasteiger partial charge in [-0.15, -0.1) is 0 Å². The van der Waals surface area contributed by atoms with E-state index in [0.29, 0.717) is 38.1 Å². The number of fused-ring (bicyclic) bond motifs is 1. The van der Waals surface area contributed by atoms with Crippen molar-refractivity contribution in [3.05, 3.63) is 24.0 Å². The van der Waals surface area contributed by atoms with E-state index in [1.807, 2.05) is 6.07 Å². The summed E-state index contributed by atoms with van der Waals surface area (Å²) in [6, 6.07) is 5.13. The number of amides is 2. The Kier molecular flexibility index (Phi) is 6.29. The molecule has 31 heavy (non-hydrogen) atoms. The topological polar surface area (TPSA) is 105 Å². The van der Waals surface area contributed by atoms with Gasteiger partial charge in [0.05, 0.1) is 22.5 Å².